The first-order valence-corrected chi connectivity index (χ1v) is 4.69. The summed E-state index contributed by atoms with van der Waals surface area (Å²) in [6.45, 7) is 1.06. The minimum absolute atomic E-state index is 0.177. The van der Waals surface area contributed by atoms with E-state index in [1.54, 1.807) is 6.92 Å². The highest BCUT2D eigenvalue weighted by Gasteiger charge is 2.07. The molecule has 0 amide bonds. The molecule has 0 aliphatic heterocycles. The Labute approximate surface area is 83.3 Å². The molecule has 0 aromatic rings. The fourth-order valence-electron chi connectivity index (χ4n) is 0.856. The van der Waals surface area contributed by atoms with Crippen LogP contribution in [0, 0.1) is 0 Å². The molecule has 0 bridgehead atoms. The number of carbonyl (C=O) groups is 1. The van der Waals surface area contributed by atoms with Gasteiger partial charge in [0.25, 0.3) is 0 Å². The van der Waals surface area contributed by atoms with Gasteiger partial charge < -0.3 is 20.1 Å². The van der Waals surface area contributed by atoms with Crippen LogP contribution in [-0.4, -0.2) is 46.7 Å². The molecule has 3 N–H and O–H groups in total. The molecular weight excluding hydrogens is 188 g/mol. The highest BCUT2D eigenvalue weighted by molar-refractivity contribution is 5.69. The average molecular weight is 206 g/mol. The first-order valence-electron chi connectivity index (χ1n) is 4.69. The minimum atomic E-state index is -1.00. The molecule has 5 nitrogen and oxygen atoms in total. The van der Waals surface area contributed by atoms with E-state index in [2.05, 4.69) is 4.74 Å². The van der Waals surface area contributed by atoms with Crippen molar-refractivity contribution in [2.45, 2.75) is 38.4 Å². The minimum Gasteiger partial charge on any atom is -0.463 e. The second kappa shape index (κ2) is 7.73. The fourth-order valence-corrected chi connectivity index (χ4v) is 0.856. The van der Waals surface area contributed by atoms with Crippen LogP contribution in [-0.2, 0) is 9.53 Å². The number of hydrogen-bond donors (Lipinski definition) is 3. The van der Waals surface area contributed by atoms with Crippen molar-refractivity contribution in [1.82, 2.24) is 0 Å². The fraction of sp³-hybridized carbons (Fsp3) is 0.889. The van der Waals surface area contributed by atoms with E-state index in [-0.39, 0.29) is 13.0 Å². The second-order valence-corrected chi connectivity index (χ2v) is 3.26. The molecule has 0 radical (unpaired) electrons. The summed E-state index contributed by atoms with van der Waals surface area (Å²) in [6.07, 6.45) is -0.0755. The molecule has 0 fully saturated rings. The number of rotatable bonds is 7. The third kappa shape index (κ3) is 7.97. The molecule has 0 saturated carbocycles. The Hall–Kier alpha value is -0.650. The lowest BCUT2D eigenvalue weighted by molar-refractivity contribution is -0.147. The highest BCUT2D eigenvalue weighted by Crippen LogP contribution is 2.01. The van der Waals surface area contributed by atoms with Crippen LogP contribution < -0.4 is 0 Å². The van der Waals surface area contributed by atoms with Gasteiger partial charge in [-0.15, -0.1) is 0 Å². The van der Waals surface area contributed by atoms with Gasteiger partial charge in [0.05, 0.1) is 12.7 Å². The monoisotopic (exact) mass is 206 g/mol. The number of aliphatic hydroxyl groups excluding tert-OH is 3. The molecule has 0 spiro atoms. The van der Waals surface area contributed by atoms with Gasteiger partial charge in [0.15, 0.2) is 0 Å². The van der Waals surface area contributed by atoms with Gasteiger partial charge in [-0.25, -0.2) is 0 Å². The van der Waals surface area contributed by atoms with E-state index < -0.39 is 24.8 Å². The Morgan fingerprint density at radius 2 is 2.07 bits per heavy atom. The SMILES string of the molecule is CC(O)CCCC(=O)OCC(O)CO. The van der Waals surface area contributed by atoms with Gasteiger partial charge in [-0.3, -0.25) is 4.79 Å². The Morgan fingerprint density at radius 3 is 2.57 bits per heavy atom. The number of ether oxygens (including phenoxy) is 1. The number of aliphatic hydroxyl groups is 3. The Balaban J connectivity index is 3.37. The molecule has 2 unspecified atom stereocenters. The van der Waals surface area contributed by atoms with E-state index in [9.17, 15) is 4.79 Å². The van der Waals surface area contributed by atoms with Crippen molar-refractivity contribution in [1.29, 1.82) is 0 Å². The summed E-state index contributed by atoms with van der Waals surface area (Å²) in [6, 6.07) is 0. The zero-order valence-electron chi connectivity index (χ0n) is 8.35. The predicted molar refractivity (Wildman–Crippen MR) is 49.6 cm³/mol. The van der Waals surface area contributed by atoms with Crippen LogP contribution in [0.2, 0.25) is 0 Å². The van der Waals surface area contributed by atoms with Gasteiger partial charge >= 0.3 is 5.97 Å². The van der Waals surface area contributed by atoms with E-state index >= 15 is 0 Å². The lowest BCUT2D eigenvalue weighted by Crippen LogP contribution is -2.21. The summed E-state index contributed by atoms with van der Waals surface area (Å²) in [7, 11) is 0. The normalized spacial score (nSPS) is 14.9. The smallest absolute Gasteiger partial charge is 0.305 e. The molecule has 5 heteroatoms. The third-order valence-corrected chi connectivity index (χ3v) is 1.65. The zero-order chi connectivity index (χ0) is 11.0. The summed E-state index contributed by atoms with van der Waals surface area (Å²) in [5.41, 5.74) is 0. The van der Waals surface area contributed by atoms with E-state index in [0.717, 1.165) is 0 Å². The highest BCUT2D eigenvalue weighted by atomic mass is 16.5. The van der Waals surface area contributed by atoms with Crippen LogP contribution in [0.4, 0.5) is 0 Å². The van der Waals surface area contributed by atoms with Gasteiger partial charge in [0.1, 0.15) is 12.7 Å². The summed E-state index contributed by atoms with van der Waals surface area (Å²) >= 11 is 0. The summed E-state index contributed by atoms with van der Waals surface area (Å²) in [5, 5.41) is 26.2. The molecule has 0 aromatic heterocycles. The van der Waals surface area contributed by atoms with Crippen molar-refractivity contribution in [3.8, 4) is 0 Å². The molecule has 84 valence electrons. The lowest BCUT2D eigenvalue weighted by atomic mass is 10.2. The zero-order valence-corrected chi connectivity index (χ0v) is 8.35. The summed E-state index contributed by atoms with van der Waals surface area (Å²) < 4.78 is 4.65. The summed E-state index contributed by atoms with van der Waals surface area (Å²) in [5.74, 6) is -0.418. The van der Waals surface area contributed by atoms with Crippen LogP contribution in [0.15, 0.2) is 0 Å². The van der Waals surface area contributed by atoms with Crippen molar-refractivity contribution in [3.05, 3.63) is 0 Å². The largest absolute Gasteiger partial charge is 0.463 e. The van der Waals surface area contributed by atoms with Crippen LogP contribution >= 0.6 is 0 Å². The molecule has 0 aliphatic carbocycles. The van der Waals surface area contributed by atoms with Crippen molar-refractivity contribution in [2.75, 3.05) is 13.2 Å². The molecule has 2 atom stereocenters. The second-order valence-electron chi connectivity index (χ2n) is 3.26. The van der Waals surface area contributed by atoms with E-state index in [4.69, 9.17) is 15.3 Å². The van der Waals surface area contributed by atoms with E-state index in [0.29, 0.717) is 12.8 Å². The number of esters is 1. The van der Waals surface area contributed by atoms with Crippen LogP contribution in [0.5, 0.6) is 0 Å². The maximum atomic E-state index is 10.9. The molecule has 0 aliphatic rings. The third-order valence-electron chi connectivity index (χ3n) is 1.65. The Bertz CT molecular complexity index is 157. The first-order chi connectivity index (χ1) is 6.56. The van der Waals surface area contributed by atoms with Crippen molar-refractivity contribution in [3.63, 3.8) is 0 Å². The number of carbonyl (C=O) groups excluding carboxylic acids is 1. The van der Waals surface area contributed by atoms with Gasteiger partial charge in [0.2, 0.25) is 0 Å². The molecule has 0 heterocycles. The van der Waals surface area contributed by atoms with Gasteiger partial charge in [0, 0.05) is 6.42 Å². The average Bonchev–Trinajstić information content (AvgIpc) is 2.13. The van der Waals surface area contributed by atoms with Crippen molar-refractivity contribution in [2.24, 2.45) is 0 Å². The molecule has 14 heavy (non-hydrogen) atoms. The predicted octanol–water partition coefficient (Wildman–Crippen LogP) is -0.566. The molecular formula is C9H18O5. The van der Waals surface area contributed by atoms with Crippen LogP contribution in [0.3, 0.4) is 0 Å². The Kier molecular flexibility index (Phi) is 7.37. The van der Waals surface area contributed by atoms with E-state index in [1.165, 1.54) is 0 Å². The maximum absolute atomic E-state index is 10.9. The van der Waals surface area contributed by atoms with Crippen molar-refractivity contribution >= 4 is 5.97 Å². The standard InChI is InChI=1S/C9H18O5/c1-7(11)3-2-4-9(13)14-6-8(12)5-10/h7-8,10-12H,2-6H2,1H3. The van der Waals surface area contributed by atoms with Gasteiger partial charge in [-0.2, -0.15) is 0 Å². The number of hydrogen-bond acceptors (Lipinski definition) is 5. The maximum Gasteiger partial charge on any atom is 0.305 e. The summed E-state index contributed by atoms with van der Waals surface area (Å²) in [4.78, 5) is 10.9. The lowest BCUT2D eigenvalue weighted by Gasteiger charge is -2.08. The van der Waals surface area contributed by atoms with Crippen LogP contribution in [0.1, 0.15) is 26.2 Å². The first kappa shape index (κ1) is 13.4. The van der Waals surface area contributed by atoms with Crippen LogP contribution in [0.25, 0.3) is 0 Å². The molecule has 0 aromatic carbocycles. The van der Waals surface area contributed by atoms with Gasteiger partial charge in [-0.05, 0) is 19.8 Å². The Morgan fingerprint density at radius 1 is 1.43 bits per heavy atom. The van der Waals surface area contributed by atoms with Gasteiger partial charge in [-0.1, -0.05) is 0 Å². The topological polar surface area (TPSA) is 87.0 Å². The van der Waals surface area contributed by atoms with Crippen molar-refractivity contribution < 1.29 is 24.9 Å². The quantitative estimate of drug-likeness (QED) is 0.486. The molecule has 0 rings (SSSR count). The molecule has 0 saturated heterocycles. The van der Waals surface area contributed by atoms with E-state index in [1.807, 2.05) is 0 Å².